The highest BCUT2D eigenvalue weighted by atomic mass is 32.2. The molecule has 0 spiro atoms. The molecule has 3 aromatic rings. The SMILES string of the molecule is CSc1cccc(CC(C)(C)NCC(O)CO[C@H](C)c2ccccc2-c2ccc(C(=O)O)c(C)c2)c1. The average molecular weight is 508 g/mol. The van der Waals surface area contributed by atoms with Crippen LogP contribution in [0.2, 0.25) is 0 Å². The molecule has 0 fully saturated rings. The van der Waals surface area contributed by atoms with E-state index in [9.17, 15) is 15.0 Å². The Morgan fingerprint density at radius 3 is 2.53 bits per heavy atom. The number of aliphatic hydroxyl groups excluding tert-OH is 1. The first-order chi connectivity index (χ1) is 17.1. The molecule has 3 N–H and O–H groups in total. The maximum absolute atomic E-state index is 11.4. The summed E-state index contributed by atoms with van der Waals surface area (Å²) in [6.45, 7) is 8.70. The number of β-amino-alcohol motifs (C(OH)–C–C–N with tert-alkyl or cyclic N) is 1. The fourth-order valence-corrected chi connectivity index (χ4v) is 4.82. The summed E-state index contributed by atoms with van der Waals surface area (Å²) < 4.78 is 6.07. The van der Waals surface area contributed by atoms with Gasteiger partial charge < -0.3 is 20.3 Å². The van der Waals surface area contributed by atoms with Crippen molar-refractivity contribution in [2.75, 3.05) is 19.4 Å². The number of carbonyl (C=O) groups is 1. The third-order valence-electron chi connectivity index (χ3n) is 6.30. The smallest absolute Gasteiger partial charge is 0.335 e. The molecule has 0 aromatic heterocycles. The van der Waals surface area contributed by atoms with Crippen LogP contribution in [0.1, 0.15) is 53.9 Å². The maximum atomic E-state index is 11.4. The topological polar surface area (TPSA) is 78.8 Å². The number of benzene rings is 3. The minimum atomic E-state index is -0.928. The van der Waals surface area contributed by atoms with Crippen LogP contribution in [-0.2, 0) is 11.2 Å². The highest BCUT2D eigenvalue weighted by molar-refractivity contribution is 7.98. The second-order valence-corrected chi connectivity index (χ2v) is 10.7. The molecule has 0 amide bonds. The Bertz CT molecular complexity index is 1180. The molecule has 1 unspecified atom stereocenters. The van der Waals surface area contributed by atoms with Gasteiger partial charge in [0.15, 0.2) is 0 Å². The van der Waals surface area contributed by atoms with E-state index in [-0.39, 0.29) is 18.2 Å². The molecule has 192 valence electrons. The standard InChI is InChI=1S/C30H37NO4S/c1-20-15-23(13-14-26(20)29(33)34)28-12-7-6-11-27(28)21(2)35-19-24(32)18-31-30(3,4)17-22-9-8-10-25(16-22)36-5/h6-16,21,24,31-32H,17-19H2,1-5H3,(H,33,34)/t21-,24?/m1/s1. The van der Waals surface area contributed by atoms with E-state index >= 15 is 0 Å². The zero-order valence-corrected chi connectivity index (χ0v) is 22.6. The zero-order valence-electron chi connectivity index (χ0n) is 21.7. The fourth-order valence-electron chi connectivity index (χ4n) is 4.34. The van der Waals surface area contributed by atoms with Gasteiger partial charge in [0.2, 0.25) is 0 Å². The molecular formula is C30H37NO4S. The summed E-state index contributed by atoms with van der Waals surface area (Å²) >= 11 is 1.74. The van der Waals surface area contributed by atoms with E-state index in [1.54, 1.807) is 24.8 Å². The number of ether oxygens (including phenoxy) is 1. The number of hydrogen-bond donors (Lipinski definition) is 3. The van der Waals surface area contributed by atoms with E-state index in [0.29, 0.717) is 17.7 Å². The number of aryl methyl sites for hydroxylation is 1. The molecular weight excluding hydrogens is 470 g/mol. The van der Waals surface area contributed by atoms with E-state index in [1.165, 1.54) is 10.5 Å². The highest BCUT2D eigenvalue weighted by Gasteiger charge is 2.21. The minimum absolute atomic E-state index is 0.170. The van der Waals surface area contributed by atoms with Gasteiger partial charge in [-0.05, 0) is 86.4 Å². The van der Waals surface area contributed by atoms with Gasteiger partial charge in [0.05, 0.1) is 24.4 Å². The number of carboxylic acids is 1. The van der Waals surface area contributed by atoms with Crippen LogP contribution in [0.5, 0.6) is 0 Å². The quantitative estimate of drug-likeness (QED) is 0.256. The second kappa shape index (κ2) is 12.5. The van der Waals surface area contributed by atoms with Crippen molar-refractivity contribution in [2.45, 2.75) is 56.8 Å². The molecule has 0 aliphatic heterocycles. The molecule has 5 nitrogen and oxygen atoms in total. The lowest BCUT2D eigenvalue weighted by Gasteiger charge is -2.28. The van der Waals surface area contributed by atoms with Crippen LogP contribution in [-0.4, -0.2) is 47.2 Å². The Balaban J connectivity index is 1.58. The molecule has 36 heavy (non-hydrogen) atoms. The number of aliphatic hydroxyl groups is 1. The van der Waals surface area contributed by atoms with Gasteiger partial charge in [0.1, 0.15) is 0 Å². The van der Waals surface area contributed by atoms with Gasteiger partial charge in [-0.15, -0.1) is 11.8 Å². The lowest BCUT2D eigenvalue weighted by atomic mass is 9.94. The number of aromatic carboxylic acids is 1. The maximum Gasteiger partial charge on any atom is 0.335 e. The Labute approximate surface area is 218 Å². The normalized spacial score (nSPS) is 13.4. The zero-order chi connectivity index (χ0) is 26.3. The minimum Gasteiger partial charge on any atom is -0.478 e. The lowest BCUT2D eigenvalue weighted by Crippen LogP contribution is -2.46. The van der Waals surface area contributed by atoms with Crippen LogP contribution >= 0.6 is 11.8 Å². The van der Waals surface area contributed by atoms with Crippen molar-refractivity contribution >= 4 is 17.7 Å². The van der Waals surface area contributed by atoms with Crippen molar-refractivity contribution in [3.8, 4) is 11.1 Å². The molecule has 6 heteroatoms. The first kappa shape index (κ1) is 27.9. The Kier molecular flexibility index (Phi) is 9.74. The highest BCUT2D eigenvalue weighted by Crippen LogP contribution is 2.31. The van der Waals surface area contributed by atoms with Crippen LogP contribution < -0.4 is 5.32 Å². The summed E-state index contributed by atoms with van der Waals surface area (Å²) in [6.07, 6.45) is 2.05. The molecule has 0 radical (unpaired) electrons. The molecule has 3 aromatic carbocycles. The predicted molar refractivity (Wildman–Crippen MR) is 148 cm³/mol. The fraction of sp³-hybridized carbons (Fsp3) is 0.367. The van der Waals surface area contributed by atoms with Crippen molar-refractivity contribution in [3.63, 3.8) is 0 Å². The van der Waals surface area contributed by atoms with Crippen molar-refractivity contribution in [1.29, 1.82) is 0 Å². The molecule has 0 aliphatic carbocycles. The van der Waals surface area contributed by atoms with Gasteiger partial charge in [-0.25, -0.2) is 4.79 Å². The van der Waals surface area contributed by atoms with E-state index in [4.69, 9.17) is 4.74 Å². The summed E-state index contributed by atoms with van der Waals surface area (Å²) in [5.41, 5.74) is 5.04. The Morgan fingerprint density at radius 1 is 1.08 bits per heavy atom. The van der Waals surface area contributed by atoms with Crippen LogP contribution in [0.3, 0.4) is 0 Å². The number of thioether (sulfide) groups is 1. The van der Waals surface area contributed by atoms with Gasteiger partial charge in [0, 0.05) is 17.0 Å². The Hall–Kier alpha value is -2.64. The molecule has 0 aliphatic rings. The van der Waals surface area contributed by atoms with Gasteiger partial charge in [0.25, 0.3) is 0 Å². The van der Waals surface area contributed by atoms with Crippen LogP contribution in [0.4, 0.5) is 0 Å². The summed E-state index contributed by atoms with van der Waals surface area (Å²) in [5, 5.41) is 23.4. The monoisotopic (exact) mass is 507 g/mol. The number of nitrogens with one attached hydrogen (secondary N) is 1. The summed E-state index contributed by atoms with van der Waals surface area (Å²) in [4.78, 5) is 12.6. The molecule has 3 rings (SSSR count). The van der Waals surface area contributed by atoms with Crippen LogP contribution in [0.15, 0.2) is 71.6 Å². The van der Waals surface area contributed by atoms with Crippen LogP contribution in [0.25, 0.3) is 11.1 Å². The molecule has 0 bridgehead atoms. The third kappa shape index (κ3) is 7.68. The van der Waals surface area contributed by atoms with Gasteiger partial charge in [-0.2, -0.15) is 0 Å². The number of hydrogen-bond acceptors (Lipinski definition) is 5. The van der Waals surface area contributed by atoms with Gasteiger partial charge >= 0.3 is 5.97 Å². The van der Waals surface area contributed by atoms with Gasteiger partial charge in [-0.1, -0.05) is 48.5 Å². The van der Waals surface area contributed by atoms with Crippen molar-refractivity contribution in [1.82, 2.24) is 5.32 Å². The molecule has 0 saturated heterocycles. The number of carboxylic acid groups (broad SMARTS) is 1. The molecule has 0 heterocycles. The average Bonchev–Trinajstić information content (AvgIpc) is 2.85. The summed E-state index contributed by atoms with van der Waals surface area (Å²) in [5.74, 6) is -0.928. The summed E-state index contributed by atoms with van der Waals surface area (Å²) in [6, 6.07) is 21.9. The third-order valence-corrected chi connectivity index (χ3v) is 7.03. The largest absolute Gasteiger partial charge is 0.478 e. The second-order valence-electron chi connectivity index (χ2n) is 9.84. The molecule has 0 saturated carbocycles. The van der Waals surface area contributed by atoms with E-state index in [2.05, 4.69) is 49.7 Å². The first-order valence-electron chi connectivity index (χ1n) is 12.2. The van der Waals surface area contributed by atoms with E-state index in [1.807, 2.05) is 43.3 Å². The lowest BCUT2D eigenvalue weighted by molar-refractivity contribution is -0.00397. The van der Waals surface area contributed by atoms with Crippen molar-refractivity contribution < 1.29 is 19.7 Å². The Morgan fingerprint density at radius 2 is 1.83 bits per heavy atom. The van der Waals surface area contributed by atoms with Gasteiger partial charge in [-0.3, -0.25) is 0 Å². The van der Waals surface area contributed by atoms with Crippen molar-refractivity contribution in [3.05, 3.63) is 89.0 Å². The first-order valence-corrected chi connectivity index (χ1v) is 13.4. The molecule has 2 atom stereocenters. The predicted octanol–water partition coefficient (Wildman–Crippen LogP) is 6.13. The van der Waals surface area contributed by atoms with Crippen molar-refractivity contribution in [2.24, 2.45) is 0 Å². The summed E-state index contributed by atoms with van der Waals surface area (Å²) in [7, 11) is 0. The van der Waals surface area contributed by atoms with Crippen LogP contribution in [0, 0.1) is 6.92 Å². The number of rotatable bonds is 12. The van der Waals surface area contributed by atoms with E-state index in [0.717, 1.165) is 23.1 Å². The van der Waals surface area contributed by atoms with E-state index < -0.39 is 12.1 Å².